The van der Waals surface area contributed by atoms with E-state index >= 15 is 0 Å². The maximum atomic E-state index is 12.4. The van der Waals surface area contributed by atoms with Crippen molar-refractivity contribution in [1.82, 2.24) is 10.2 Å². The Morgan fingerprint density at radius 2 is 1.89 bits per heavy atom. The van der Waals surface area contributed by atoms with Gasteiger partial charge in [0.15, 0.2) is 0 Å². The zero-order valence-corrected chi connectivity index (χ0v) is 16.0. The van der Waals surface area contributed by atoms with Crippen molar-refractivity contribution in [1.29, 1.82) is 5.26 Å². The summed E-state index contributed by atoms with van der Waals surface area (Å²) in [4.78, 5) is 16.8. The van der Waals surface area contributed by atoms with E-state index in [0.717, 1.165) is 63.3 Å². The molecule has 3 rings (SSSR count). The molecule has 1 saturated heterocycles. The summed E-state index contributed by atoms with van der Waals surface area (Å²) in [5.41, 5.74) is 1.28. The first-order valence-corrected chi connectivity index (χ1v) is 9.76. The van der Waals surface area contributed by atoms with Crippen molar-refractivity contribution in [3.63, 3.8) is 0 Å². The van der Waals surface area contributed by atoms with Crippen LogP contribution in [0.25, 0.3) is 0 Å². The fraction of sp³-hybridized carbons (Fsp3) is 0.524. The van der Waals surface area contributed by atoms with Gasteiger partial charge in [-0.05, 0) is 25.0 Å². The number of benzene rings is 1. The third kappa shape index (κ3) is 4.94. The zero-order chi connectivity index (χ0) is 19.1. The summed E-state index contributed by atoms with van der Waals surface area (Å²) in [6.45, 7) is 3.17. The predicted octanol–water partition coefficient (Wildman–Crippen LogP) is 2.67. The van der Waals surface area contributed by atoms with E-state index in [1.54, 1.807) is 13.3 Å². The van der Waals surface area contributed by atoms with Gasteiger partial charge >= 0.3 is 0 Å². The summed E-state index contributed by atoms with van der Waals surface area (Å²) < 4.78 is 5.45. The number of para-hydroxylation sites is 2. The van der Waals surface area contributed by atoms with Gasteiger partial charge in [-0.1, -0.05) is 31.4 Å². The smallest absolute Gasteiger partial charge is 0.263 e. The molecule has 2 aliphatic rings. The summed E-state index contributed by atoms with van der Waals surface area (Å²) in [5.74, 6) is 0.627. The molecule has 1 N–H and O–H groups in total. The molecule has 1 aliphatic heterocycles. The van der Waals surface area contributed by atoms with Gasteiger partial charge in [-0.25, -0.2) is 0 Å². The summed E-state index contributed by atoms with van der Waals surface area (Å²) in [6, 6.07) is 10.3. The molecule has 0 aromatic heterocycles. The number of anilines is 1. The minimum absolute atomic E-state index is 0.200. The Morgan fingerprint density at radius 1 is 1.19 bits per heavy atom. The number of nitrogens with one attached hydrogen (secondary N) is 1. The van der Waals surface area contributed by atoms with Gasteiger partial charge in [0.1, 0.15) is 17.4 Å². The first kappa shape index (κ1) is 19.1. The molecule has 1 aromatic carbocycles. The first-order chi connectivity index (χ1) is 13.2. The average molecular weight is 368 g/mol. The highest BCUT2D eigenvalue weighted by atomic mass is 16.5. The van der Waals surface area contributed by atoms with Crippen LogP contribution in [0.4, 0.5) is 5.69 Å². The van der Waals surface area contributed by atoms with Crippen LogP contribution < -0.4 is 15.0 Å². The van der Waals surface area contributed by atoms with Crippen LogP contribution in [0, 0.1) is 11.3 Å². The molecule has 27 heavy (non-hydrogen) atoms. The molecule has 0 spiro atoms. The zero-order valence-electron chi connectivity index (χ0n) is 16.0. The highest BCUT2D eigenvalue weighted by Crippen LogP contribution is 2.28. The van der Waals surface area contributed by atoms with Crippen LogP contribution in [0.5, 0.6) is 5.75 Å². The molecule has 1 amide bonds. The van der Waals surface area contributed by atoms with E-state index in [4.69, 9.17) is 4.74 Å². The molecule has 0 atom stereocenters. The summed E-state index contributed by atoms with van der Waals surface area (Å²) in [7, 11) is 1.68. The lowest BCUT2D eigenvalue weighted by Gasteiger charge is -2.36. The molecular weight excluding hydrogens is 340 g/mol. The number of nitriles is 1. The van der Waals surface area contributed by atoms with Crippen molar-refractivity contribution in [2.75, 3.05) is 38.2 Å². The number of piperazine rings is 1. The Hall–Kier alpha value is -2.68. The monoisotopic (exact) mass is 368 g/mol. The number of rotatable bonds is 5. The second-order valence-corrected chi connectivity index (χ2v) is 7.16. The molecule has 1 aromatic rings. The number of hydrogen-bond acceptors (Lipinski definition) is 5. The standard InChI is InChI=1S/C21H28N4O2/c1-27-20-10-6-5-9-19(20)25-13-11-24(12-14-25)16-17(15-22)21(26)23-18-7-3-2-4-8-18/h5-6,9-10,16,18H,2-4,7-8,11-14H2,1H3,(H,23,26)/b17-16-. The highest BCUT2D eigenvalue weighted by molar-refractivity contribution is 5.97. The van der Waals surface area contributed by atoms with Gasteiger partial charge in [0.05, 0.1) is 12.8 Å². The number of hydrogen-bond donors (Lipinski definition) is 1. The Morgan fingerprint density at radius 3 is 2.56 bits per heavy atom. The third-order valence-electron chi connectivity index (χ3n) is 5.36. The molecule has 6 nitrogen and oxygen atoms in total. The van der Waals surface area contributed by atoms with Gasteiger partial charge in [-0.3, -0.25) is 4.79 Å². The van der Waals surface area contributed by atoms with E-state index in [-0.39, 0.29) is 17.5 Å². The maximum Gasteiger partial charge on any atom is 0.263 e. The molecule has 1 heterocycles. The lowest BCUT2D eigenvalue weighted by molar-refractivity contribution is -0.118. The van der Waals surface area contributed by atoms with Gasteiger partial charge in [0.25, 0.3) is 5.91 Å². The quantitative estimate of drug-likeness (QED) is 0.639. The van der Waals surface area contributed by atoms with E-state index < -0.39 is 0 Å². The lowest BCUT2D eigenvalue weighted by atomic mass is 9.95. The minimum atomic E-state index is -0.239. The highest BCUT2D eigenvalue weighted by Gasteiger charge is 2.21. The Kier molecular flexibility index (Phi) is 6.59. The molecule has 6 heteroatoms. The van der Waals surface area contributed by atoms with Crippen LogP contribution in [0.2, 0.25) is 0 Å². The van der Waals surface area contributed by atoms with E-state index in [1.807, 2.05) is 18.2 Å². The molecule has 1 saturated carbocycles. The normalized spacial score (nSPS) is 18.7. The number of nitrogens with zero attached hydrogens (tertiary/aromatic N) is 3. The van der Waals surface area contributed by atoms with Crippen LogP contribution in [-0.4, -0.2) is 50.1 Å². The largest absolute Gasteiger partial charge is 0.495 e. The molecule has 0 radical (unpaired) electrons. The summed E-state index contributed by atoms with van der Waals surface area (Å²) in [6.07, 6.45) is 7.30. The summed E-state index contributed by atoms with van der Waals surface area (Å²) >= 11 is 0. The van der Waals surface area contributed by atoms with Gasteiger partial charge in [0, 0.05) is 38.4 Å². The van der Waals surface area contributed by atoms with Crippen LogP contribution >= 0.6 is 0 Å². The van der Waals surface area contributed by atoms with E-state index in [2.05, 4.69) is 27.3 Å². The van der Waals surface area contributed by atoms with Gasteiger partial charge in [0.2, 0.25) is 0 Å². The number of amides is 1. The lowest BCUT2D eigenvalue weighted by Crippen LogP contribution is -2.45. The van der Waals surface area contributed by atoms with Gasteiger partial charge < -0.3 is 19.9 Å². The molecule has 2 fully saturated rings. The second-order valence-electron chi connectivity index (χ2n) is 7.16. The van der Waals surface area contributed by atoms with E-state index in [1.165, 1.54) is 6.42 Å². The third-order valence-corrected chi connectivity index (χ3v) is 5.36. The number of carbonyl (C=O) groups excluding carboxylic acids is 1. The van der Waals surface area contributed by atoms with Crippen molar-refractivity contribution in [3.05, 3.63) is 36.0 Å². The average Bonchev–Trinajstić information content (AvgIpc) is 2.73. The SMILES string of the molecule is COc1ccccc1N1CCN(/C=C(/C#N)C(=O)NC2CCCCC2)CC1. The molecule has 1 aliphatic carbocycles. The van der Waals surface area contributed by atoms with Crippen molar-refractivity contribution >= 4 is 11.6 Å². The van der Waals surface area contributed by atoms with Crippen molar-refractivity contribution in [3.8, 4) is 11.8 Å². The van der Waals surface area contributed by atoms with Gasteiger partial charge in [-0.15, -0.1) is 0 Å². The Balaban J connectivity index is 1.57. The van der Waals surface area contributed by atoms with Crippen molar-refractivity contribution in [2.45, 2.75) is 38.1 Å². The number of methoxy groups -OCH3 is 1. The number of ether oxygens (including phenoxy) is 1. The minimum Gasteiger partial charge on any atom is -0.495 e. The Labute approximate surface area is 161 Å². The first-order valence-electron chi connectivity index (χ1n) is 9.76. The molecular formula is C21H28N4O2. The van der Waals surface area contributed by atoms with Gasteiger partial charge in [-0.2, -0.15) is 5.26 Å². The molecule has 0 unspecified atom stereocenters. The molecule has 144 valence electrons. The predicted molar refractivity (Wildman–Crippen MR) is 105 cm³/mol. The topological polar surface area (TPSA) is 68.6 Å². The van der Waals surface area contributed by atoms with E-state index in [0.29, 0.717) is 0 Å². The fourth-order valence-electron chi connectivity index (χ4n) is 3.81. The van der Waals surface area contributed by atoms with E-state index in [9.17, 15) is 10.1 Å². The number of carbonyl (C=O) groups is 1. The fourth-order valence-corrected chi connectivity index (χ4v) is 3.81. The van der Waals surface area contributed by atoms with Crippen LogP contribution in [0.3, 0.4) is 0 Å². The second kappa shape index (κ2) is 9.31. The maximum absolute atomic E-state index is 12.4. The van der Waals surface area contributed by atoms with Crippen LogP contribution in [0.1, 0.15) is 32.1 Å². The van der Waals surface area contributed by atoms with Crippen LogP contribution in [0.15, 0.2) is 36.0 Å². The van der Waals surface area contributed by atoms with Crippen molar-refractivity contribution in [2.24, 2.45) is 0 Å². The van der Waals surface area contributed by atoms with Crippen molar-refractivity contribution < 1.29 is 9.53 Å². The Bertz CT molecular complexity index is 711. The van der Waals surface area contributed by atoms with Crippen LogP contribution in [-0.2, 0) is 4.79 Å². The molecule has 0 bridgehead atoms. The summed E-state index contributed by atoms with van der Waals surface area (Å²) in [5, 5.41) is 12.4.